The fourth-order valence-corrected chi connectivity index (χ4v) is 3.32. The predicted octanol–water partition coefficient (Wildman–Crippen LogP) is 5.77. The first kappa shape index (κ1) is 19.6. The molecule has 150 valence electrons. The molecule has 0 atom stereocenters. The fraction of sp³-hybridized carbons (Fsp3) is 0. The van der Waals surface area contributed by atoms with E-state index in [-0.39, 0.29) is 11.4 Å². The van der Waals surface area contributed by atoms with Gasteiger partial charge in [-0.2, -0.15) is 0 Å². The normalized spacial score (nSPS) is 10.8. The molecule has 0 spiro atoms. The third-order valence-corrected chi connectivity index (χ3v) is 4.69. The zero-order chi connectivity index (χ0) is 21.3. The average Bonchev–Trinajstić information content (AvgIpc) is 2.72. The SMILES string of the molecule is O=C(Nc1ccc(F)cc1F)Nc1c(-c2ccccc2)c2cc(Cl)ccc2[nH]c1=O. The van der Waals surface area contributed by atoms with Gasteiger partial charge in [0.1, 0.15) is 17.3 Å². The number of benzene rings is 3. The summed E-state index contributed by atoms with van der Waals surface area (Å²) in [6, 6.07) is 15.9. The van der Waals surface area contributed by atoms with Gasteiger partial charge in [-0.15, -0.1) is 0 Å². The predicted molar refractivity (Wildman–Crippen MR) is 114 cm³/mol. The van der Waals surface area contributed by atoms with Crippen LogP contribution in [0.5, 0.6) is 0 Å². The van der Waals surface area contributed by atoms with Crippen LogP contribution in [0.1, 0.15) is 0 Å². The number of hydrogen-bond acceptors (Lipinski definition) is 2. The van der Waals surface area contributed by atoms with Gasteiger partial charge in [0.15, 0.2) is 0 Å². The number of aromatic amines is 1. The van der Waals surface area contributed by atoms with Crippen molar-refractivity contribution in [3.05, 3.63) is 93.7 Å². The molecule has 8 heteroatoms. The summed E-state index contributed by atoms with van der Waals surface area (Å²) in [6.45, 7) is 0. The first-order valence-corrected chi connectivity index (χ1v) is 9.24. The Bertz CT molecular complexity index is 1320. The van der Waals surface area contributed by atoms with E-state index in [0.29, 0.717) is 33.1 Å². The topological polar surface area (TPSA) is 74.0 Å². The Labute approximate surface area is 174 Å². The van der Waals surface area contributed by atoms with Gasteiger partial charge in [-0.25, -0.2) is 13.6 Å². The van der Waals surface area contributed by atoms with Gasteiger partial charge in [-0.05, 0) is 35.9 Å². The van der Waals surface area contributed by atoms with Crippen molar-refractivity contribution in [2.24, 2.45) is 0 Å². The molecule has 0 aliphatic heterocycles. The smallest absolute Gasteiger partial charge is 0.320 e. The summed E-state index contributed by atoms with van der Waals surface area (Å²) >= 11 is 6.15. The maximum absolute atomic E-state index is 13.9. The van der Waals surface area contributed by atoms with Crippen LogP contribution in [-0.2, 0) is 0 Å². The van der Waals surface area contributed by atoms with E-state index in [1.54, 1.807) is 42.5 Å². The number of pyridine rings is 1. The third-order valence-electron chi connectivity index (χ3n) is 4.46. The molecule has 3 N–H and O–H groups in total. The van der Waals surface area contributed by atoms with Gasteiger partial charge in [-0.1, -0.05) is 41.9 Å². The minimum Gasteiger partial charge on any atom is -0.320 e. The summed E-state index contributed by atoms with van der Waals surface area (Å²) in [4.78, 5) is 28.0. The number of halogens is 3. The highest BCUT2D eigenvalue weighted by Crippen LogP contribution is 2.33. The summed E-state index contributed by atoms with van der Waals surface area (Å²) in [5, 5.41) is 5.84. The lowest BCUT2D eigenvalue weighted by Crippen LogP contribution is -2.25. The summed E-state index contributed by atoms with van der Waals surface area (Å²) < 4.78 is 26.9. The molecule has 4 rings (SSSR count). The molecule has 5 nitrogen and oxygen atoms in total. The van der Waals surface area contributed by atoms with E-state index in [1.807, 2.05) is 6.07 Å². The number of fused-ring (bicyclic) bond motifs is 1. The van der Waals surface area contributed by atoms with E-state index in [9.17, 15) is 18.4 Å². The van der Waals surface area contributed by atoms with Crippen LogP contribution in [0.25, 0.3) is 22.0 Å². The Kier molecular flexibility index (Phi) is 5.20. The quantitative estimate of drug-likeness (QED) is 0.390. The number of rotatable bonds is 3. The molecular weight excluding hydrogens is 412 g/mol. The first-order valence-electron chi connectivity index (χ1n) is 8.86. The van der Waals surface area contributed by atoms with Crippen molar-refractivity contribution in [3.8, 4) is 11.1 Å². The van der Waals surface area contributed by atoms with Crippen molar-refractivity contribution in [1.29, 1.82) is 0 Å². The van der Waals surface area contributed by atoms with Gasteiger partial charge >= 0.3 is 6.03 Å². The number of urea groups is 1. The molecule has 0 bridgehead atoms. The van der Waals surface area contributed by atoms with Crippen molar-refractivity contribution < 1.29 is 13.6 Å². The second-order valence-corrected chi connectivity index (χ2v) is 6.90. The molecule has 1 heterocycles. The zero-order valence-corrected chi connectivity index (χ0v) is 16.1. The largest absolute Gasteiger partial charge is 0.323 e. The number of hydrogen-bond donors (Lipinski definition) is 3. The van der Waals surface area contributed by atoms with Crippen molar-refractivity contribution in [3.63, 3.8) is 0 Å². The van der Waals surface area contributed by atoms with E-state index in [4.69, 9.17) is 11.6 Å². The van der Waals surface area contributed by atoms with Crippen LogP contribution in [0.2, 0.25) is 5.02 Å². The average molecular weight is 426 g/mol. The second-order valence-electron chi connectivity index (χ2n) is 6.46. The maximum atomic E-state index is 13.9. The monoisotopic (exact) mass is 425 g/mol. The Morgan fingerprint density at radius 1 is 0.933 bits per heavy atom. The summed E-state index contributed by atoms with van der Waals surface area (Å²) in [5.74, 6) is -1.71. The Morgan fingerprint density at radius 2 is 1.70 bits per heavy atom. The number of carbonyl (C=O) groups excluding carboxylic acids is 1. The van der Waals surface area contributed by atoms with Crippen LogP contribution in [0.4, 0.5) is 25.0 Å². The molecule has 3 aromatic carbocycles. The maximum Gasteiger partial charge on any atom is 0.323 e. The van der Waals surface area contributed by atoms with Gasteiger partial charge in [0, 0.05) is 27.6 Å². The minimum absolute atomic E-state index is 0.0315. The highest BCUT2D eigenvalue weighted by molar-refractivity contribution is 6.31. The summed E-state index contributed by atoms with van der Waals surface area (Å²) in [6.07, 6.45) is 0. The van der Waals surface area contributed by atoms with Crippen molar-refractivity contribution in [1.82, 2.24) is 4.98 Å². The zero-order valence-electron chi connectivity index (χ0n) is 15.3. The number of nitrogens with one attached hydrogen (secondary N) is 3. The number of amides is 2. The summed E-state index contributed by atoms with van der Waals surface area (Å²) in [5.41, 5.74) is 0.884. The lowest BCUT2D eigenvalue weighted by Gasteiger charge is -2.15. The first-order chi connectivity index (χ1) is 14.4. The van der Waals surface area contributed by atoms with Crippen LogP contribution in [0.15, 0.2) is 71.5 Å². The van der Waals surface area contributed by atoms with Gasteiger partial charge < -0.3 is 15.6 Å². The number of aromatic nitrogens is 1. The third kappa shape index (κ3) is 3.88. The lowest BCUT2D eigenvalue weighted by molar-refractivity contribution is 0.262. The van der Waals surface area contributed by atoms with Crippen LogP contribution in [-0.4, -0.2) is 11.0 Å². The standard InChI is InChI=1S/C22H14ClF2N3O2/c23-13-6-8-17-15(10-13)19(12-4-2-1-3-5-12)20(21(29)26-17)28-22(30)27-18-9-7-14(24)11-16(18)25/h1-11H,(H,26,29)(H2,27,28,30). The van der Waals surface area contributed by atoms with Crippen LogP contribution in [0, 0.1) is 11.6 Å². The molecule has 1 aromatic heterocycles. The van der Waals surface area contributed by atoms with E-state index in [2.05, 4.69) is 15.6 Å². The minimum atomic E-state index is -0.937. The number of carbonyl (C=O) groups is 1. The Morgan fingerprint density at radius 3 is 2.43 bits per heavy atom. The molecule has 0 aliphatic rings. The van der Waals surface area contributed by atoms with Gasteiger partial charge in [-0.3, -0.25) is 4.79 Å². The molecule has 0 saturated carbocycles. The van der Waals surface area contributed by atoms with Gasteiger partial charge in [0.05, 0.1) is 5.69 Å². The molecule has 0 unspecified atom stereocenters. The molecule has 0 aliphatic carbocycles. The van der Waals surface area contributed by atoms with Crippen molar-refractivity contribution >= 4 is 39.9 Å². The Hall–Kier alpha value is -3.71. The number of H-pyrrole nitrogens is 1. The van der Waals surface area contributed by atoms with E-state index in [0.717, 1.165) is 12.1 Å². The number of anilines is 2. The second kappa shape index (κ2) is 7.96. The lowest BCUT2D eigenvalue weighted by atomic mass is 9.99. The van der Waals surface area contributed by atoms with Gasteiger partial charge in [0.25, 0.3) is 5.56 Å². The Balaban J connectivity index is 1.81. The van der Waals surface area contributed by atoms with Crippen LogP contribution >= 0.6 is 11.6 Å². The van der Waals surface area contributed by atoms with E-state index < -0.39 is 23.2 Å². The molecular formula is C22H14ClF2N3O2. The molecule has 0 saturated heterocycles. The van der Waals surface area contributed by atoms with E-state index in [1.165, 1.54) is 0 Å². The van der Waals surface area contributed by atoms with Crippen molar-refractivity contribution in [2.75, 3.05) is 10.6 Å². The van der Waals surface area contributed by atoms with Crippen LogP contribution in [0.3, 0.4) is 0 Å². The van der Waals surface area contributed by atoms with Gasteiger partial charge in [0.2, 0.25) is 0 Å². The highest BCUT2D eigenvalue weighted by atomic mass is 35.5. The van der Waals surface area contributed by atoms with Crippen LogP contribution < -0.4 is 16.2 Å². The summed E-state index contributed by atoms with van der Waals surface area (Å²) in [7, 11) is 0. The molecule has 0 fully saturated rings. The van der Waals surface area contributed by atoms with E-state index >= 15 is 0 Å². The van der Waals surface area contributed by atoms with Crippen molar-refractivity contribution in [2.45, 2.75) is 0 Å². The highest BCUT2D eigenvalue weighted by Gasteiger charge is 2.18. The molecule has 30 heavy (non-hydrogen) atoms. The molecule has 0 radical (unpaired) electrons. The molecule has 4 aromatic rings. The molecule has 2 amide bonds. The fourth-order valence-electron chi connectivity index (χ4n) is 3.15.